The number of imide groups is 1. The lowest BCUT2D eigenvalue weighted by molar-refractivity contribution is -0.197. The van der Waals surface area contributed by atoms with Crippen LogP contribution in [-0.2, 0) is 19.2 Å². The van der Waals surface area contributed by atoms with Crippen molar-refractivity contribution in [3.63, 3.8) is 0 Å². The molecular weight excluding hydrogens is 446 g/mol. The Labute approximate surface area is 208 Å². The zero-order chi connectivity index (χ0) is 25.1. The van der Waals surface area contributed by atoms with Gasteiger partial charge in [0.25, 0.3) is 11.8 Å². The number of hydrogen-bond donors (Lipinski definition) is 2. The van der Waals surface area contributed by atoms with Crippen LogP contribution in [0.4, 0.5) is 0 Å². The van der Waals surface area contributed by atoms with Crippen LogP contribution in [0.3, 0.4) is 0 Å². The maximum absolute atomic E-state index is 12.4. The van der Waals surface area contributed by atoms with Crippen molar-refractivity contribution in [1.29, 1.82) is 0 Å². The molecule has 0 spiro atoms. The average molecular weight is 490 g/mol. The Hall–Kier alpha value is -1.47. The normalized spacial score (nSPS) is 46.1. The number of carbonyl (C=O) groups is 3. The number of hydroxylamine groups is 2. The van der Waals surface area contributed by atoms with E-state index in [-0.39, 0.29) is 42.3 Å². The van der Waals surface area contributed by atoms with Gasteiger partial charge >= 0.3 is 5.97 Å². The van der Waals surface area contributed by atoms with Crippen LogP contribution >= 0.6 is 0 Å². The molecule has 5 fully saturated rings. The van der Waals surface area contributed by atoms with Crippen LogP contribution in [0.2, 0.25) is 0 Å². The molecule has 0 aromatic carbocycles. The molecule has 0 aromatic rings. The van der Waals surface area contributed by atoms with Crippen LogP contribution in [0.15, 0.2) is 0 Å². The summed E-state index contributed by atoms with van der Waals surface area (Å²) in [6.07, 6.45) is 8.77. The maximum Gasteiger partial charge on any atom is 0.333 e. The van der Waals surface area contributed by atoms with Crippen molar-refractivity contribution in [2.24, 2.45) is 46.3 Å². The van der Waals surface area contributed by atoms with E-state index in [0.29, 0.717) is 47.0 Å². The van der Waals surface area contributed by atoms with Gasteiger partial charge in [-0.2, -0.15) is 0 Å². The third-order valence-electron chi connectivity index (χ3n) is 11.4. The summed E-state index contributed by atoms with van der Waals surface area (Å²) in [5, 5.41) is 22.3. The molecule has 1 aliphatic heterocycles. The fourth-order valence-electron chi connectivity index (χ4n) is 9.53. The second-order valence-corrected chi connectivity index (χ2v) is 13.0. The Morgan fingerprint density at radius 1 is 1.00 bits per heavy atom. The van der Waals surface area contributed by atoms with Gasteiger partial charge < -0.3 is 15.1 Å². The molecule has 7 unspecified atom stereocenters. The number of hydrogen-bond acceptors (Lipinski definition) is 6. The first kappa shape index (κ1) is 25.2. The number of aliphatic hydroxyl groups is 2. The highest BCUT2D eigenvalue weighted by atomic mass is 16.7. The molecule has 196 valence electrons. The van der Waals surface area contributed by atoms with E-state index in [1.807, 2.05) is 0 Å². The molecular formula is C28H43NO6. The second-order valence-electron chi connectivity index (χ2n) is 13.0. The van der Waals surface area contributed by atoms with Crippen LogP contribution in [0.25, 0.3) is 0 Å². The molecule has 10 atom stereocenters. The quantitative estimate of drug-likeness (QED) is 0.566. The van der Waals surface area contributed by atoms with Gasteiger partial charge in [-0.3, -0.25) is 9.59 Å². The van der Waals surface area contributed by atoms with E-state index in [9.17, 15) is 24.6 Å². The van der Waals surface area contributed by atoms with Gasteiger partial charge in [-0.05, 0) is 104 Å². The predicted octanol–water partition coefficient (Wildman–Crippen LogP) is 4.00. The molecule has 1 saturated heterocycles. The van der Waals surface area contributed by atoms with Crippen LogP contribution in [-0.4, -0.2) is 45.3 Å². The van der Waals surface area contributed by atoms with E-state index in [2.05, 4.69) is 20.8 Å². The lowest BCUT2D eigenvalue weighted by atomic mass is 9.43. The molecule has 5 aliphatic rings. The van der Waals surface area contributed by atoms with E-state index in [0.717, 1.165) is 51.4 Å². The number of nitrogens with zero attached hydrogens (tertiary/aromatic N) is 1. The van der Waals surface area contributed by atoms with Crippen molar-refractivity contribution in [2.75, 3.05) is 0 Å². The third-order valence-corrected chi connectivity index (χ3v) is 11.4. The number of amides is 2. The summed E-state index contributed by atoms with van der Waals surface area (Å²) in [7, 11) is 0. The molecule has 0 aromatic heterocycles. The van der Waals surface area contributed by atoms with Gasteiger partial charge in [-0.15, -0.1) is 5.06 Å². The molecule has 35 heavy (non-hydrogen) atoms. The monoisotopic (exact) mass is 489 g/mol. The van der Waals surface area contributed by atoms with Crippen LogP contribution < -0.4 is 0 Å². The smallest absolute Gasteiger partial charge is 0.333 e. The van der Waals surface area contributed by atoms with Crippen molar-refractivity contribution < 1.29 is 29.4 Å². The molecule has 0 radical (unpaired) electrons. The Balaban J connectivity index is 1.23. The van der Waals surface area contributed by atoms with Crippen LogP contribution in [0, 0.1) is 46.3 Å². The molecule has 4 aliphatic carbocycles. The highest BCUT2D eigenvalue weighted by Gasteiger charge is 2.62. The van der Waals surface area contributed by atoms with Gasteiger partial charge in [0, 0.05) is 19.3 Å². The summed E-state index contributed by atoms with van der Waals surface area (Å²) < 4.78 is 0. The van der Waals surface area contributed by atoms with Gasteiger partial charge in [0.05, 0.1) is 12.2 Å². The van der Waals surface area contributed by atoms with Crippen molar-refractivity contribution in [2.45, 2.75) is 110 Å². The SMILES string of the molecule is CC(CCC(=O)ON1C(=O)CCC1=O)C1CCC2C3C(CC[C@]12C)[C@@]1(C)CCC(O)CC1C[C@@H]3O. The first-order chi connectivity index (χ1) is 16.5. The summed E-state index contributed by atoms with van der Waals surface area (Å²) in [6.45, 7) is 7.08. The summed E-state index contributed by atoms with van der Waals surface area (Å²) in [4.78, 5) is 40.9. The molecule has 7 heteroatoms. The Morgan fingerprint density at radius 2 is 1.66 bits per heavy atom. The van der Waals surface area contributed by atoms with E-state index in [1.54, 1.807) is 0 Å². The Kier molecular flexibility index (Phi) is 6.57. The third kappa shape index (κ3) is 4.14. The van der Waals surface area contributed by atoms with Crippen molar-refractivity contribution in [1.82, 2.24) is 5.06 Å². The zero-order valence-electron chi connectivity index (χ0n) is 21.6. The summed E-state index contributed by atoms with van der Waals surface area (Å²) in [5.74, 6) is 1.21. The number of aliphatic hydroxyl groups excluding tert-OH is 2. The molecule has 2 N–H and O–H groups in total. The van der Waals surface area contributed by atoms with E-state index in [1.165, 1.54) is 0 Å². The van der Waals surface area contributed by atoms with Crippen molar-refractivity contribution in [3.8, 4) is 0 Å². The van der Waals surface area contributed by atoms with Crippen LogP contribution in [0.5, 0.6) is 0 Å². The fraction of sp³-hybridized carbons (Fsp3) is 0.893. The lowest BCUT2D eigenvalue weighted by Gasteiger charge is -2.62. The van der Waals surface area contributed by atoms with Crippen molar-refractivity contribution in [3.05, 3.63) is 0 Å². The highest BCUT2D eigenvalue weighted by Crippen LogP contribution is 2.68. The van der Waals surface area contributed by atoms with Gasteiger partial charge in [0.1, 0.15) is 0 Å². The number of rotatable bonds is 5. The van der Waals surface area contributed by atoms with Gasteiger partial charge in [0.15, 0.2) is 0 Å². The van der Waals surface area contributed by atoms with Crippen LogP contribution in [0.1, 0.15) is 97.8 Å². The Bertz CT molecular complexity index is 860. The minimum atomic E-state index is -0.509. The number of fused-ring (bicyclic) bond motifs is 5. The zero-order valence-corrected chi connectivity index (χ0v) is 21.6. The minimum absolute atomic E-state index is 0.110. The van der Waals surface area contributed by atoms with Crippen molar-refractivity contribution >= 4 is 17.8 Å². The van der Waals surface area contributed by atoms with Gasteiger partial charge in [-0.25, -0.2) is 4.79 Å². The predicted molar refractivity (Wildman–Crippen MR) is 128 cm³/mol. The largest absolute Gasteiger partial charge is 0.393 e. The molecule has 2 amide bonds. The molecule has 7 nitrogen and oxygen atoms in total. The molecule has 0 bridgehead atoms. The summed E-state index contributed by atoms with van der Waals surface area (Å²) >= 11 is 0. The lowest BCUT2D eigenvalue weighted by Crippen LogP contribution is -2.58. The first-order valence-corrected chi connectivity index (χ1v) is 14.0. The van der Waals surface area contributed by atoms with E-state index >= 15 is 0 Å². The maximum atomic E-state index is 12.4. The van der Waals surface area contributed by atoms with Gasteiger partial charge in [0.2, 0.25) is 0 Å². The standard InChI is InChI=1S/C28H43NO6/c1-16(4-9-25(34)35-29-23(32)7-8-24(29)33)19-5-6-20-26-21(11-13-28(19,20)3)27(2)12-10-18(30)14-17(27)15-22(26)31/h16-22,26,30-31H,4-15H2,1-3H3/t16?,17?,18?,19?,20?,21?,22-,26?,27-,28+/m0/s1. The van der Waals surface area contributed by atoms with Gasteiger partial charge in [-0.1, -0.05) is 20.8 Å². The first-order valence-electron chi connectivity index (χ1n) is 14.0. The van der Waals surface area contributed by atoms with E-state index < -0.39 is 17.8 Å². The molecule has 1 heterocycles. The fourth-order valence-corrected chi connectivity index (χ4v) is 9.53. The molecule has 5 rings (SSSR count). The summed E-state index contributed by atoms with van der Waals surface area (Å²) in [5.41, 5.74) is 0.381. The molecule has 4 saturated carbocycles. The number of carbonyl (C=O) groups excluding carboxylic acids is 3. The highest BCUT2D eigenvalue weighted by molar-refractivity contribution is 6.01. The topological polar surface area (TPSA) is 104 Å². The second kappa shape index (κ2) is 9.13. The Morgan fingerprint density at radius 3 is 2.37 bits per heavy atom. The van der Waals surface area contributed by atoms with E-state index in [4.69, 9.17) is 4.84 Å². The average Bonchev–Trinajstić information content (AvgIpc) is 3.32. The summed E-state index contributed by atoms with van der Waals surface area (Å²) in [6, 6.07) is 0. The minimum Gasteiger partial charge on any atom is -0.393 e.